The number of pyridine rings is 1. The fraction of sp³-hybridized carbons (Fsp3) is 0.250. The van der Waals surface area contributed by atoms with Crippen molar-refractivity contribution in [3.63, 3.8) is 0 Å². The minimum atomic E-state index is -0.232. The molecule has 2 aromatic rings. The molecule has 1 aromatic carbocycles. The van der Waals surface area contributed by atoms with Crippen LogP contribution in [0, 0.1) is 0 Å². The number of aromatic nitrogens is 1. The Hall–Kier alpha value is -1.52. The number of amides is 1. The van der Waals surface area contributed by atoms with Crippen LogP contribution in [-0.4, -0.2) is 16.1 Å². The number of hydrogen-bond donors (Lipinski definition) is 1. The van der Waals surface area contributed by atoms with Crippen molar-refractivity contribution in [3.8, 4) is 0 Å². The second kappa shape index (κ2) is 7.48. The predicted molar refractivity (Wildman–Crippen MR) is 89.0 cm³/mol. The Labute approximate surface area is 134 Å². The molecule has 21 heavy (non-hydrogen) atoms. The minimum Gasteiger partial charge on any atom is -0.325 e. The number of halogens is 1. The van der Waals surface area contributed by atoms with Gasteiger partial charge >= 0.3 is 0 Å². The molecule has 1 atom stereocenters. The van der Waals surface area contributed by atoms with E-state index >= 15 is 0 Å². The van der Waals surface area contributed by atoms with Gasteiger partial charge in [0.1, 0.15) is 0 Å². The third-order valence-electron chi connectivity index (χ3n) is 3.00. The summed E-state index contributed by atoms with van der Waals surface area (Å²) in [7, 11) is 0. The molecule has 110 valence electrons. The molecule has 1 aromatic heterocycles. The van der Waals surface area contributed by atoms with Gasteiger partial charge in [-0.25, -0.2) is 4.98 Å². The lowest BCUT2D eigenvalue weighted by Gasteiger charge is -2.11. The number of hydrogen-bond acceptors (Lipinski definition) is 3. The molecule has 0 radical (unpaired) electrons. The van der Waals surface area contributed by atoms with Crippen molar-refractivity contribution in [1.29, 1.82) is 0 Å². The molecule has 1 heterocycles. The monoisotopic (exact) mass is 320 g/mol. The molecular weight excluding hydrogens is 304 g/mol. The van der Waals surface area contributed by atoms with Crippen molar-refractivity contribution >= 4 is 35.0 Å². The van der Waals surface area contributed by atoms with Crippen molar-refractivity contribution in [1.82, 2.24) is 4.98 Å². The molecule has 0 saturated carbocycles. The predicted octanol–water partition coefficient (Wildman–Crippen LogP) is 4.42. The van der Waals surface area contributed by atoms with Gasteiger partial charge in [-0.2, -0.15) is 0 Å². The number of anilines is 1. The van der Waals surface area contributed by atoms with E-state index in [1.54, 1.807) is 12.3 Å². The number of carbonyl (C=O) groups is 1. The molecule has 0 saturated heterocycles. The molecule has 1 amide bonds. The Bertz CT molecular complexity index is 599. The number of aryl methyl sites for hydroxylation is 1. The van der Waals surface area contributed by atoms with E-state index in [9.17, 15) is 4.79 Å². The van der Waals surface area contributed by atoms with Crippen LogP contribution < -0.4 is 5.32 Å². The molecular formula is C16H17ClN2OS. The van der Waals surface area contributed by atoms with Gasteiger partial charge in [-0.05, 0) is 43.2 Å². The van der Waals surface area contributed by atoms with Gasteiger partial charge < -0.3 is 5.32 Å². The van der Waals surface area contributed by atoms with Crippen LogP contribution in [0.15, 0.2) is 47.6 Å². The van der Waals surface area contributed by atoms with Crippen molar-refractivity contribution < 1.29 is 4.79 Å². The van der Waals surface area contributed by atoms with Crippen LogP contribution >= 0.6 is 23.4 Å². The largest absolute Gasteiger partial charge is 0.325 e. The molecule has 0 aliphatic carbocycles. The van der Waals surface area contributed by atoms with Crippen LogP contribution in [-0.2, 0) is 11.2 Å². The zero-order valence-corrected chi connectivity index (χ0v) is 13.5. The van der Waals surface area contributed by atoms with Gasteiger partial charge in [-0.1, -0.05) is 42.4 Å². The van der Waals surface area contributed by atoms with E-state index in [4.69, 9.17) is 11.6 Å². The maximum atomic E-state index is 12.2. The van der Waals surface area contributed by atoms with Crippen LogP contribution in [0.5, 0.6) is 0 Å². The summed E-state index contributed by atoms with van der Waals surface area (Å²) in [6.07, 6.45) is 2.57. The number of nitrogens with one attached hydrogen (secondary N) is 1. The maximum Gasteiger partial charge on any atom is 0.237 e. The van der Waals surface area contributed by atoms with E-state index < -0.39 is 0 Å². The van der Waals surface area contributed by atoms with E-state index in [0.29, 0.717) is 5.02 Å². The summed E-state index contributed by atoms with van der Waals surface area (Å²) in [5, 5.41) is 4.05. The Kier molecular flexibility index (Phi) is 5.65. The number of carbonyl (C=O) groups excluding carboxylic acids is 1. The van der Waals surface area contributed by atoms with Crippen molar-refractivity contribution in [2.75, 3.05) is 5.32 Å². The van der Waals surface area contributed by atoms with Gasteiger partial charge in [0.05, 0.1) is 15.3 Å². The first-order chi connectivity index (χ1) is 10.1. The quantitative estimate of drug-likeness (QED) is 0.829. The van der Waals surface area contributed by atoms with Gasteiger partial charge in [0, 0.05) is 11.9 Å². The lowest BCUT2D eigenvalue weighted by Crippen LogP contribution is -2.22. The first-order valence-electron chi connectivity index (χ1n) is 6.76. The first kappa shape index (κ1) is 15.9. The molecule has 0 fully saturated rings. The summed E-state index contributed by atoms with van der Waals surface area (Å²) in [5.41, 5.74) is 2.06. The normalized spacial score (nSPS) is 12.0. The Balaban J connectivity index is 1.93. The summed E-state index contributed by atoms with van der Waals surface area (Å²) in [5.74, 6) is -0.0407. The highest BCUT2D eigenvalue weighted by Gasteiger charge is 2.15. The standard InChI is InChI=1S/C16H17ClN2OS/c1-3-12-4-7-14(8-5-12)19-16(20)11(2)21-15-9-6-13(17)10-18-15/h4-11H,3H2,1-2H3,(H,19,20). The minimum absolute atomic E-state index is 0.0407. The lowest BCUT2D eigenvalue weighted by atomic mass is 10.1. The van der Waals surface area contributed by atoms with E-state index in [-0.39, 0.29) is 11.2 Å². The second-order valence-electron chi connectivity index (χ2n) is 4.61. The van der Waals surface area contributed by atoms with Crippen molar-refractivity contribution in [2.24, 2.45) is 0 Å². The number of nitrogens with zero attached hydrogens (tertiary/aromatic N) is 1. The molecule has 1 N–H and O–H groups in total. The third kappa shape index (κ3) is 4.76. The van der Waals surface area contributed by atoms with Crippen LogP contribution in [0.3, 0.4) is 0 Å². The van der Waals surface area contributed by atoms with Gasteiger partial charge in [-0.15, -0.1) is 0 Å². The fourth-order valence-electron chi connectivity index (χ4n) is 1.73. The summed E-state index contributed by atoms with van der Waals surface area (Å²) in [4.78, 5) is 16.3. The second-order valence-corrected chi connectivity index (χ2v) is 6.41. The van der Waals surface area contributed by atoms with Crippen LogP contribution in [0.1, 0.15) is 19.4 Å². The highest BCUT2D eigenvalue weighted by atomic mass is 35.5. The van der Waals surface area contributed by atoms with Crippen LogP contribution in [0.2, 0.25) is 5.02 Å². The molecule has 3 nitrogen and oxygen atoms in total. The average molecular weight is 321 g/mol. The van der Waals surface area contributed by atoms with Gasteiger partial charge in [-0.3, -0.25) is 4.79 Å². The highest BCUT2D eigenvalue weighted by Crippen LogP contribution is 2.23. The summed E-state index contributed by atoms with van der Waals surface area (Å²) < 4.78 is 0. The zero-order valence-electron chi connectivity index (χ0n) is 12.0. The van der Waals surface area contributed by atoms with E-state index in [0.717, 1.165) is 17.1 Å². The molecule has 1 unspecified atom stereocenters. The van der Waals surface area contributed by atoms with E-state index in [1.165, 1.54) is 17.3 Å². The molecule has 2 rings (SSSR count). The number of benzene rings is 1. The summed E-state index contributed by atoms with van der Waals surface area (Å²) >= 11 is 7.20. The van der Waals surface area contributed by atoms with Gasteiger partial charge in [0.25, 0.3) is 0 Å². The Morgan fingerprint density at radius 1 is 1.29 bits per heavy atom. The number of rotatable bonds is 5. The summed E-state index contributed by atoms with van der Waals surface area (Å²) in [6, 6.07) is 11.5. The van der Waals surface area contributed by atoms with Crippen LogP contribution in [0.4, 0.5) is 5.69 Å². The van der Waals surface area contributed by atoms with E-state index in [1.807, 2.05) is 37.3 Å². The molecule has 0 aliphatic heterocycles. The van der Waals surface area contributed by atoms with Gasteiger partial charge in [0.2, 0.25) is 5.91 Å². The molecule has 0 aliphatic rings. The zero-order chi connectivity index (χ0) is 15.2. The Morgan fingerprint density at radius 2 is 2.00 bits per heavy atom. The summed E-state index contributed by atoms with van der Waals surface area (Å²) in [6.45, 7) is 3.96. The van der Waals surface area contributed by atoms with Crippen molar-refractivity contribution in [3.05, 3.63) is 53.2 Å². The topological polar surface area (TPSA) is 42.0 Å². The van der Waals surface area contributed by atoms with E-state index in [2.05, 4.69) is 17.2 Å². The molecule has 5 heteroatoms. The smallest absolute Gasteiger partial charge is 0.237 e. The van der Waals surface area contributed by atoms with Crippen LogP contribution in [0.25, 0.3) is 0 Å². The van der Waals surface area contributed by atoms with Gasteiger partial charge in [0.15, 0.2) is 0 Å². The third-order valence-corrected chi connectivity index (χ3v) is 4.27. The Morgan fingerprint density at radius 3 is 2.57 bits per heavy atom. The highest BCUT2D eigenvalue weighted by molar-refractivity contribution is 8.00. The maximum absolute atomic E-state index is 12.2. The molecule has 0 bridgehead atoms. The fourth-order valence-corrected chi connectivity index (χ4v) is 2.63. The first-order valence-corrected chi connectivity index (χ1v) is 8.02. The SMILES string of the molecule is CCc1ccc(NC(=O)C(C)Sc2ccc(Cl)cn2)cc1. The average Bonchev–Trinajstić information content (AvgIpc) is 2.50. The molecule has 0 spiro atoms. The van der Waals surface area contributed by atoms with Crippen molar-refractivity contribution in [2.45, 2.75) is 30.5 Å². The number of thioether (sulfide) groups is 1. The lowest BCUT2D eigenvalue weighted by molar-refractivity contribution is -0.115.